The first-order valence-corrected chi connectivity index (χ1v) is 6.38. The highest BCUT2D eigenvalue weighted by molar-refractivity contribution is 5.89. The summed E-state index contributed by atoms with van der Waals surface area (Å²) >= 11 is 0. The molecule has 0 aliphatic heterocycles. The highest BCUT2D eigenvalue weighted by Gasteiger charge is 2.48. The molecule has 0 spiro atoms. The van der Waals surface area contributed by atoms with Gasteiger partial charge in [-0.15, -0.1) is 0 Å². The van der Waals surface area contributed by atoms with Crippen LogP contribution in [0.1, 0.15) is 30.0 Å². The molecule has 1 fully saturated rings. The van der Waals surface area contributed by atoms with Gasteiger partial charge < -0.3 is 10.4 Å². The van der Waals surface area contributed by atoms with Crippen molar-refractivity contribution < 1.29 is 19.1 Å². The van der Waals surface area contributed by atoms with Crippen molar-refractivity contribution in [2.24, 2.45) is 11.8 Å². The molecule has 19 heavy (non-hydrogen) atoms. The lowest BCUT2D eigenvalue weighted by molar-refractivity contribution is -0.140. The van der Waals surface area contributed by atoms with E-state index in [4.69, 9.17) is 5.11 Å². The van der Waals surface area contributed by atoms with Gasteiger partial charge >= 0.3 is 5.97 Å². The molecule has 1 aromatic rings. The molecule has 100 valence electrons. The van der Waals surface area contributed by atoms with Gasteiger partial charge in [-0.05, 0) is 42.5 Å². The number of carbonyl (C=O) groups excluding carboxylic acids is 1. The van der Waals surface area contributed by atoms with Crippen LogP contribution in [0, 0.1) is 17.7 Å². The van der Waals surface area contributed by atoms with Crippen LogP contribution in [0.15, 0.2) is 18.2 Å². The van der Waals surface area contributed by atoms with Crippen LogP contribution in [-0.4, -0.2) is 17.0 Å². The number of rotatable bonds is 3. The second kappa shape index (κ2) is 4.33. The van der Waals surface area contributed by atoms with E-state index in [2.05, 4.69) is 5.32 Å². The molecule has 4 nitrogen and oxygen atoms in total. The van der Waals surface area contributed by atoms with Crippen molar-refractivity contribution in [1.29, 1.82) is 0 Å². The lowest BCUT2D eigenvalue weighted by atomic mass is 10.1. The summed E-state index contributed by atoms with van der Waals surface area (Å²) in [4.78, 5) is 22.6. The number of carbonyl (C=O) groups is 2. The molecule has 5 heteroatoms. The summed E-state index contributed by atoms with van der Waals surface area (Å²) in [6, 6.07) is 4.47. The third kappa shape index (κ3) is 2.20. The Balaban J connectivity index is 1.67. The van der Waals surface area contributed by atoms with E-state index in [1.54, 1.807) is 6.07 Å². The molecule has 0 radical (unpaired) electrons. The van der Waals surface area contributed by atoms with Gasteiger partial charge in [0.1, 0.15) is 5.82 Å². The van der Waals surface area contributed by atoms with Crippen molar-refractivity contribution in [3.63, 3.8) is 0 Å². The van der Waals surface area contributed by atoms with Crippen LogP contribution in [0.5, 0.6) is 0 Å². The van der Waals surface area contributed by atoms with Gasteiger partial charge in [-0.1, -0.05) is 6.07 Å². The maximum absolute atomic E-state index is 13.1. The SMILES string of the molecule is O=C(N[C@@H]1CCc2cc(F)ccc21)[C@H]1C[C@H]1C(=O)O. The van der Waals surface area contributed by atoms with E-state index in [0.29, 0.717) is 6.42 Å². The number of aryl methyl sites for hydroxylation is 1. The molecule has 1 aromatic carbocycles. The Morgan fingerprint density at radius 3 is 2.79 bits per heavy atom. The number of carboxylic acids is 1. The van der Waals surface area contributed by atoms with Crippen LogP contribution in [0.3, 0.4) is 0 Å². The van der Waals surface area contributed by atoms with Crippen LogP contribution in [0.2, 0.25) is 0 Å². The number of benzene rings is 1. The lowest BCUT2D eigenvalue weighted by Gasteiger charge is -2.14. The molecule has 3 rings (SSSR count). The van der Waals surface area contributed by atoms with Gasteiger partial charge in [0, 0.05) is 0 Å². The zero-order valence-electron chi connectivity index (χ0n) is 10.2. The average Bonchev–Trinajstić information content (AvgIpc) is 3.08. The van der Waals surface area contributed by atoms with E-state index in [9.17, 15) is 14.0 Å². The zero-order chi connectivity index (χ0) is 13.6. The molecule has 2 N–H and O–H groups in total. The maximum Gasteiger partial charge on any atom is 0.307 e. The fraction of sp³-hybridized carbons (Fsp3) is 0.429. The molecule has 0 unspecified atom stereocenters. The Hall–Kier alpha value is -1.91. The summed E-state index contributed by atoms with van der Waals surface area (Å²) in [7, 11) is 0. The molecule has 2 aliphatic carbocycles. The molecular weight excluding hydrogens is 249 g/mol. The summed E-state index contributed by atoms with van der Waals surface area (Å²) in [5.74, 6) is -2.31. The Morgan fingerprint density at radius 1 is 1.32 bits per heavy atom. The Kier molecular flexibility index (Phi) is 2.77. The minimum absolute atomic E-state index is 0.113. The number of amides is 1. The summed E-state index contributed by atoms with van der Waals surface area (Å²) < 4.78 is 13.1. The van der Waals surface area contributed by atoms with Gasteiger partial charge in [0.05, 0.1) is 17.9 Å². The lowest BCUT2D eigenvalue weighted by Crippen LogP contribution is -2.29. The van der Waals surface area contributed by atoms with Gasteiger partial charge in [0.2, 0.25) is 5.91 Å². The van der Waals surface area contributed by atoms with E-state index >= 15 is 0 Å². The maximum atomic E-state index is 13.1. The molecule has 0 saturated heterocycles. The summed E-state index contributed by atoms with van der Waals surface area (Å²) in [6.45, 7) is 0. The first-order chi connectivity index (χ1) is 9.06. The normalized spacial score (nSPS) is 27.7. The van der Waals surface area contributed by atoms with Crippen molar-refractivity contribution in [2.75, 3.05) is 0 Å². The number of halogens is 1. The summed E-state index contributed by atoms with van der Waals surface area (Å²) in [5, 5.41) is 11.7. The Bertz CT molecular complexity index is 558. The monoisotopic (exact) mass is 263 g/mol. The molecule has 0 aromatic heterocycles. The van der Waals surface area contributed by atoms with Crippen LogP contribution in [-0.2, 0) is 16.0 Å². The van der Waals surface area contributed by atoms with Gasteiger partial charge in [0.15, 0.2) is 0 Å². The zero-order valence-corrected chi connectivity index (χ0v) is 10.2. The average molecular weight is 263 g/mol. The van der Waals surface area contributed by atoms with E-state index in [1.165, 1.54) is 12.1 Å². The first kappa shape index (κ1) is 12.1. The smallest absolute Gasteiger partial charge is 0.307 e. The summed E-state index contributed by atoms with van der Waals surface area (Å²) in [6.07, 6.45) is 1.91. The fourth-order valence-corrected chi connectivity index (χ4v) is 2.77. The number of nitrogens with one attached hydrogen (secondary N) is 1. The van der Waals surface area contributed by atoms with Crippen molar-refractivity contribution in [3.05, 3.63) is 35.1 Å². The highest BCUT2D eigenvalue weighted by Crippen LogP contribution is 2.40. The predicted molar refractivity (Wildman–Crippen MR) is 64.8 cm³/mol. The predicted octanol–water partition coefficient (Wildman–Crippen LogP) is 1.65. The van der Waals surface area contributed by atoms with Crippen molar-refractivity contribution >= 4 is 11.9 Å². The van der Waals surface area contributed by atoms with Crippen molar-refractivity contribution in [1.82, 2.24) is 5.32 Å². The second-order valence-electron chi connectivity index (χ2n) is 5.23. The Morgan fingerprint density at radius 2 is 2.11 bits per heavy atom. The van der Waals surface area contributed by atoms with E-state index in [1.807, 2.05) is 0 Å². The minimum Gasteiger partial charge on any atom is -0.481 e. The van der Waals surface area contributed by atoms with Gasteiger partial charge in [-0.3, -0.25) is 9.59 Å². The third-order valence-electron chi connectivity index (χ3n) is 3.94. The molecular formula is C14H14FNO3. The van der Waals surface area contributed by atoms with Gasteiger partial charge in [-0.25, -0.2) is 4.39 Å². The van der Waals surface area contributed by atoms with Crippen LogP contribution >= 0.6 is 0 Å². The topological polar surface area (TPSA) is 66.4 Å². The summed E-state index contributed by atoms with van der Waals surface area (Å²) in [5.41, 5.74) is 1.87. The number of fused-ring (bicyclic) bond motifs is 1. The fourth-order valence-electron chi connectivity index (χ4n) is 2.77. The standard InChI is InChI=1S/C14H14FNO3/c15-8-2-3-9-7(5-8)1-4-12(9)16-13(17)10-6-11(10)14(18)19/h2-3,5,10-12H,1,4,6H2,(H,16,17)(H,18,19)/t10-,11+,12+/m0/s1. The van der Waals surface area contributed by atoms with Crippen molar-refractivity contribution in [2.45, 2.75) is 25.3 Å². The highest BCUT2D eigenvalue weighted by atomic mass is 19.1. The first-order valence-electron chi connectivity index (χ1n) is 6.38. The number of hydrogen-bond acceptors (Lipinski definition) is 2. The third-order valence-corrected chi connectivity index (χ3v) is 3.94. The molecule has 3 atom stereocenters. The van der Waals surface area contributed by atoms with E-state index < -0.39 is 17.8 Å². The minimum atomic E-state index is -0.908. The van der Waals surface area contributed by atoms with E-state index in [0.717, 1.165) is 24.0 Å². The molecule has 0 heterocycles. The number of aliphatic carboxylic acids is 1. The quantitative estimate of drug-likeness (QED) is 0.871. The Labute approximate surface area is 109 Å². The number of carboxylic acid groups (broad SMARTS) is 1. The largest absolute Gasteiger partial charge is 0.481 e. The van der Waals surface area contributed by atoms with Gasteiger partial charge in [0.25, 0.3) is 0 Å². The molecule has 1 saturated carbocycles. The van der Waals surface area contributed by atoms with Crippen LogP contribution in [0.25, 0.3) is 0 Å². The van der Waals surface area contributed by atoms with Crippen LogP contribution < -0.4 is 5.32 Å². The second-order valence-corrected chi connectivity index (χ2v) is 5.23. The molecule has 0 bridgehead atoms. The number of hydrogen-bond donors (Lipinski definition) is 2. The van der Waals surface area contributed by atoms with Crippen molar-refractivity contribution in [3.8, 4) is 0 Å². The molecule has 1 amide bonds. The molecule has 2 aliphatic rings. The van der Waals surface area contributed by atoms with Gasteiger partial charge in [-0.2, -0.15) is 0 Å². The van der Waals surface area contributed by atoms with Crippen LogP contribution in [0.4, 0.5) is 4.39 Å². The van der Waals surface area contributed by atoms with E-state index in [-0.39, 0.29) is 17.8 Å².